The Balaban J connectivity index is 1.34. The number of ether oxygens (including phenoxy) is 1. The number of carbonyl (C=O) groups excluding carboxylic acids is 1. The molecule has 8 nitrogen and oxygen atoms in total. The van der Waals surface area contributed by atoms with Gasteiger partial charge in [0, 0.05) is 38.0 Å². The smallest absolute Gasteiger partial charge is 0.246 e. The normalized spacial score (nSPS) is 16.7. The molecule has 1 amide bonds. The fourth-order valence-corrected chi connectivity index (χ4v) is 3.52. The molecule has 1 saturated heterocycles. The van der Waals surface area contributed by atoms with E-state index >= 15 is 0 Å². The quantitative estimate of drug-likeness (QED) is 0.582. The molecule has 4 rings (SSSR count). The topological polar surface area (TPSA) is 94.2 Å². The third-order valence-electron chi connectivity index (χ3n) is 5.09. The van der Waals surface area contributed by atoms with Crippen molar-refractivity contribution >= 4 is 12.0 Å². The van der Waals surface area contributed by atoms with Crippen LogP contribution in [0.3, 0.4) is 0 Å². The zero-order valence-electron chi connectivity index (χ0n) is 16.8. The number of likely N-dealkylation sites (tertiary alicyclic amines) is 1. The maximum atomic E-state index is 12.6. The lowest BCUT2D eigenvalue weighted by atomic mass is 9.94. The SMILES string of the molecule is COc1ccc(/C=C\C(=O)N2CCCC(Cc3nc(-c4cnccn4)no3)C2)cc1. The van der Waals surface area contributed by atoms with E-state index in [0.717, 1.165) is 30.7 Å². The van der Waals surface area contributed by atoms with Gasteiger partial charge in [-0.25, -0.2) is 4.98 Å². The summed E-state index contributed by atoms with van der Waals surface area (Å²) in [6.07, 6.45) is 10.9. The second kappa shape index (κ2) is 9.30. The highest BCUT2D eigenvalue weighted by Crippen LogP contribution is 2.22. The Hall–Kier alpha value is -3.55. The maximum Gasteiger partial charge on any atom is 0.246 e. The first-order valence-electron chi connectivity index (χ1n) is 9.91. The van der Waals surface area contributed by atoms with Crippen molar-refractivity contribution in [3.05, 3.63) is 60.4 Å². The second-order valence-corrected chi connectivity index (χ2v) is 7.21. The Kier molecular flexibility index (Phi) is 6.12. The van der Waals surface area contributed by atoms with Gasteiger partial charge in [-0.15, -0.1) is 0 Å². The summed E-state index contributed by atoms with van der Waals surface area (Å²) in [7, 11) is 1.63. The molecule has 3 heterocycles. The summed E-state index contributed by atoms with van der Waals surface area (Å²) >= 11 is 0. The third kappa shape index (κ3) is 4.89. The molecular weight excluding hydrogens is 382 g/mol. The van der Waals surface area contributed by atoms with Crippen molar-refractivity contribution in [1.82, 2.24) is 25.0 Å². The Morgan fingerprint density at radius 1 is 1.30 bits per heavy atom. The van der Waals surface area contributed by atoms with Crippen LogP contribution in [0.2, 0.25) is 0 Å². The summed E-state index contributed by atoms with van der Waals surface area (Å²) in [4.78, 5) is 27.1. The van der Waals surface area contributed by atoms with E-state index in [2.05, 4.69) is 20.1 Å². The molecule has 1 aromatic carbocycles. The number of rotatable bonds is 6. The lowest BCUT2D eigenvalue weighted by molar-refractivity contribution is -0.127. The van der Waals surface area contributed by atoms with Crippen molar-refractivity contribution in [2.75, 3.05) is 20.2 Å². The molecule has 0 radical (unpaired) electrons. The fraction of sp³-hybridized carbons (Fsp3) is 0.318. The van der Waals surface area contributed by atoms with Crippen LogP contribution in [0.15, 0.2) is 53.5 Å². The van der Waals surface area contributed by atoms with Crippen LogP contribution in [0, 0.1) is 5.92 Å². The Morgan fingerprint density at radius 2 is 2.17 bits per heavy atom. The fourth-order valence-electron chi connectivity index (χ4n) is 3.52. The minimum absolute atomic E-state index is 0.0151. The van der Waals surface area contributed by atoms with Crippen LogP contribution in [-0.2, 0) is 11.2 Å². The number of carbonyl (C=O) groups is 1. The van der Waals surface area contributed by atoms with E-state index in [9.17, 15) is 4.79 Å². The molecule has 2 aromatic heterocycles. The molecule has 0 saturated carbocycles. The van der Waals surface area contributed by atoms with Crippen molar-refractivity contribution in [3.63, 3.8) is 0 Å². The van der Waals surface area contributed by atoms with Gasteiger partial charge in [0.15, 0.2) is 0 Å². The molecule has 1 fully saturated rings. The Bertz CT molecular complexity index is 1000. The average molecular weight is 405 g/mol. The van der Waals surface area contributed by atoms with Gasteiger partial charge in [-0.3, -0.25) is 9.78 Å². The first-order chi connectivity index (χ1) is 14.7. The van der Waals surface area contributed by atoms with E-state index in [1.807, 2.05) is 35.2 Å². The van der Waals surface area contributed by atoms with Crippen molar-refractivity contribution in [2.24, 2.45) is 5.92 Å². The number of aromatic nitrogens is 4. The zero-order valence-corrected chi connectivity index (χ0v) is 16.8. The predicted octanol–water partition coefficient (Wildman–Crippen LogP) is 3.03. The predicted molar refractivity (Wildman–Crippen MR) is 110 cm³/mol. The monoisotopic (exact) mass is 405 g/mol. The molecule has 3 aromatic rings. The lowest BCUT2D eigenvalue weighted by Gasteiger charge is -2.31. The summed E-state index contributed by atoms with van der Waals surface area (Å²) in [6.45, 7) is 1.44. The van der Waals surface area contributed by atoms with Gasteiger partial charge in [0.25, 0.3) is 0 Å². The van der Waals surface area contributed by atoms with Crippen LogP contribution in [-0.4, -0.2) is 51.1 Å². The number of amides is 1. The molecule has 30 heavy (non-hydrogen) atoms. The van der Waals surface area contributed by atoms with Crippen LogP contribution in [0.5, 0.6) is 5.75 Å². The molecule has 1 unspecified atom stereocenters. The first kappa shape index (κ1) is 19.8. The summed E-state index contributed by atoms with van der Waals surface area (Å²) in [5, 5.41) is 3.99. The van der Waals surface area contributed by atoms with Gasteiger partial charge in [0.05, 0.1) is 13.3 Å². The van der Waals surface area contributed by atoms with E-state index in [1.165, 1.54) is 0 Å². The van der Waals surface area contributed by atoms with Crippen LogP contribution in [0.4, 0.5) is 0 Å². The summed E-state index contributed by atoms with van der Waals surface area (Å²) in [5.74, 6) is 2.09. The van der Waals surface area contributed by atoms with Crippen molar-refractivity contribution < 1.29 is 14.1 Å². The number of nitrogens with zero attached hydrogens (tertiary/aromatic N) is 5. The van der Waals surface area contributed by atoms with Gasteiger partial charge in [-0.2, -0.15) is 4.98 Å². The Morgan fingerprint density at radius 3 is 2.93 bits per heavy atom. The van der Waals surface area contributed by atoms with Crippen LogP contribution in [0.1, 0.15) is 24.3 Å². The van der Waals surface area contributed by atoms with E-state index < -0.39 is 0 Å². The van der Waals surface area contributed by atoms with Crippen LogP contribution >= 0.6 is 0 Å². The number of piperidine rings is 1. The van der Waals surface area contributed by atoms with Gasteiger partial charge < -0.3 is 14.2 Å². The zero-order chi connectivity index (χ0) is 20.8. The number of methoxy groups -OCH3 is 1. The molecule has 154 valence electrons. The van der Waals surface area contributed by atoms with Gasteiger partial charge in [-0.05, 0) is 42.5 Å². The van der Waals surface area contributed by atoms with E-state index in [1.54, 1.807) is 31.8 Å². The highest BCUT2D eigenvalue weighted by Gasteiger charge is 2.24. The molecule has 1 aliphatic heterocycles. The molecule has 0 bridgehead atoms. The highest BCUT2D eigenvalue weighted by atomic mass is 16.5. The standard InChI is InChI=1S/C22H23N5O3/c1-29-18-7-4-16(5-8-18)6-9-21(28)27-12-2-3-17(15-27)13-20-25-22(26-30-20)19-14-23-10-11-24-19/h4-11,14,17H,2-3,12-13,15H2,1H3/b9-6-. The van der Waals surface area contributed by atoms with Crippen molar-refractivity contribution in [2.45, 2.75) is 19.3 Å². The molecule has 0 spiro atoms. The molecule has 1 atom stereocenters. The minimum atomic E-state index is 0.0151. The number of hydrogen-bond donors (Lipinski definition) is 0. The molecule has 8 heteroatoms. The summed E-state index contributed by atoms with van der Waals surface area (Å²) in [6, 6.07) is 7.60. The molecule has 1 aliphatic rings. The largest absolute Gasteiger partial charge is 0.497 e. The van der Waals surface area contributed by atoms with Gasteiger partial charge in [-0.1, -0.05) is 17.3 Å². The molecule has 0 N–H and O–H groups in total. The molecular formula is C22H23N5O3. The van der Waals surface area contributed by atoms with Crippen molar-refractivity contribution in [3.8, 4) is 17.3 Å². The second-order valence-electron chi connectivity index (χ2n) is 7.21. The van der Waals surface area contributed by atoms with Gasteiger partial charge in [0.2, 0.25) is 17.6 Å². The maximum absolute atomic E-state index is 12.6. The third-order valence-corrected chi connectivity index (χ3v) is 5.09. The summed E-state index contributed by atoms with van der Waals surface area (Å²) < 4.78 is 10.5. The molecule has 0 aliphatic carbocycles. The lowest BCUT2D eigenvalue weighted by Crippen LogP contribution is -2.39. The van der Waals surface area contributed by atoms with E-state index in [4.69, 9.17) is 9.26 Å². The van der Waals surface area contributed by atoms with E-state index in [0.29, 0.717) is 30.4 Å². The minimum Gasteiger partial charge on any atom is -0.497 e. The Labute approximate surface area is 174 Å². The van der Waals surface area contributed by atoms with Gasteiger partial charge in [0.1, 0.15) is 11.4 Å². The van der Waals surface area contributed by atoms with Crippen LogP contribution < -0.4 is 4.74 Å². The highest BCUT2D eigenvalue weighted by molar-refractivity contribution is 5.91. The summed E-state index contributed by atoms with van der Waals surface area (Å²) in [5.41, 5.74) is 1.54. The van der Waals surface area contributed by atoms with Crippen LogP contribution in [0.25, 0.3) is 17.6 Å². The van der Waals surface area contributed by atoms with Gasteiger partial charge >= 0.3 is 0 Å². The first-order valence-corrected chi connectivity index (χ1v) is 9.91. The number of benzene rings is 1. The van der Waals surface area contributed by atoms with Crippen molar-refractivity contribution in [1.29, 1.82) is 0 Å². The van der Waals surface area contributed by atoms with E-state index in [-0.39, 0.29) is 11.8 Å². The number of hydrogen-bond acceptors (Lipinski definition) is 7. The average Bonchev–Trinajstić information content (AvgIpc) is 3.27.